The van der Waals surface area contributed by atoms with E-state index < -0.39 is 5.97 Å². The van der Waals surface area contributed by atoms with Crippen LogP contribution in [0.5, 0.6) is 0 Å². The molecule has 0 saturated carbocycles. The maximum atomic E-state index is 12.8. The molecule has 0 atom stereocenters. The molecule has 110 valence electrons. The summed E-state index contributed by atoms with van der Waals surface area (Å²) in [4.78, 5) is 12.0. The van der Waals surface area contributed by atoms with Gasteiger partial charge in [-0.2, -0.15) is 5.10 Å². The van der Waals surface area contributed by atoms with Crippen LogP contribution in [0, 0.1) is 5.82 Å². The molecule has 2 aromatic carbocycles. The topological polar surface area (TPSA) is 44.1 Å². The van der Waals surface area contributed by atoms with Crippen molar-refractivity contribution >= 4 is 5.97 Å². The smallest absolute Gasteiger partial charge is 0.338 e. The van der Waals surface area contributed by atoms with Gasteiger partial charge < -0.3 is 4.74 Å². The lowest BCUT2D eigenvalue weighted by atomic mass is 10.2. The zero-order valence-corrected chi connectivity index (χ0v) is 11.6. The molecule has 0 aliphatic carbocycles. The number of hydrogen-bond acceptors (Lipinski definition) is 3. The minimum Gasteiger partial charge on any atom is -0.457 e. The Bertz CT molecular complexity index is 750. The lowest BCUT2D eigenvalue weighted by Gasteiger charge is -2.06. The Balaban J connectivity index is 1.63. The van der Waals surface area contributed by atoms with Gasteiger partial charge in [-0.3, -0.25) is 0 Å². The monoisotopic (exact) mass is 296 g/mol. The molecule has 5 heteroatoms. The zero-order chi connectivity index (χ0) is 15.4. The number of halogens is 1. The highest BCUT2D eigenvalue weighted by molar-refractivity contribution is 5.89. The van der Waals surface area contributed by atoms with Gasteiger partial charge in [0.05, 0.1) is 11.3 Å². The largest absolute Gasteiger partial charge is 0.457 e. The van der Waals surface area contributed by atoms with Crippen LogP contribution >= 0.6 is 0 Å². The third-order valence-electron chi connectivity index (χ3n) is 3.16. The van der Waals surface area contributed by atoms with Crippen LogP contribution in [-0.4, -0.2) is 15.7 Å². The molecule has 0 saturated heterocycles. The van der Waals surface area contributed by atoms with Gasteiger partial charge in [0.15, 0.2) is 0 Å². The third kappa shape index (κ3) is 3.20. The van der Waals surface area contributed by atoms with Crippen molar-refractivity contribution in [3.8, 4) is 5.69 Å². The quantitative estimate of drug-likeness (QED) is 0.693. The van der Waals surface area contributed by atoms with E-state index in [1.165, 1.54) is 12.1 Å². The molecule has 0 radical (unpaired) electrons. The summed E-state index contributed by atoms with van der Waals surface area (Å²) in [6, 6.07) is 14.6. The van der Waals surface area contributed by atoms with Crippen LogP contribution in [0.1, 0.15) is 15.9 Å². The first-order valence-electron chi connectivity index (χ1n) is 6.74. The Kier molecular flexibility index (Phi) is 3.96. The van der Waals surface area contributed by atoms with Gasteiger partial charge in [0.25, 0.3) is 0 Å². The standard InChI is InChI=1S/C17H13FN2O2/c18-15-6-2-13(3-7-15)12-22-17(21)14-4-8-16(9-5-14)20-11-1-10-19-20/h1-11H,12H2. The van der Waals surface area contributed by atoms with Crippen molar-refractivity contribution in [3.05, 3.63) is 83.9 Å². The van der Waals surface area contributed by atoms with Crippen molar-refractivity contribution in [1.82, 2.24) is 9.78 Å². The molecular weight excluding hydrogens is 283 g/mol. The minimum absolute atomic E-state index is 0.111. The van der Waals surface area contributed by atoms with Crippen LogP contribution in [-0.2, 0) is 11.3 Å². The molecule has 1 heterocycles. The summed E-state index contributed by atoms with van der Waals surface area (Å²) in [6.45, 7) is 0.111. The summed E-state index contributed by atoms with van der Waals surface area (Å²) in [5, 5.41) is 4.11. The Hall–Kier alpha value is -2.95. The maximum Gasteiger partial charge on any atom is 0.338 e. The van der Waals surface area contributed by atoms with E-state index in [0.29, 0.717) is 5.56 Å². The number of hydrogen-bond donors (Lipinski definition) is 0. The van der Waals surface area contributed by atoms with E-state index >= 15 is 0 Å². The molecule has 0 unspecified atom stereocenters. The molecule has 3 rings (SSSR count). The van der Waals surface area contributed by atoms with Crippen LogP contribution in [0.4, 0.5) is 4.39 Å². The van der Waals surface area contributed by atoms with Crippen LogP contribution in [0.2, 0.25) is 0 Å². The highest BCUT2D eigenvalue weighted by atomic mass is 19.1. The van der Waals surface area contributed by atoms with Crippen molar-refractivity contribution < 1.29 is 13.9 Å². The molecule has 1 aromatic heterocycles. The average Bonchev–Trinajstić information content (AvgIpc) is 3.09. The van der Waals surface area contributed by atoms with Gasteiger partial charge in [0.1, 0.15) is 12.4 Å². The average molecular weight is 296 g/mol. The second-order valence-electron chi connectivity index (χ2n) is 4.70. The molecule has 22 heavy (non-hydrogen) atoms. The summed E-state index contributed by atoms with van der Waals surface area (Å²) in [6.07, 6.45) is 3.51. The molecule has 0 N–H and O–H groups in total. The number of esters is 1. The fourth-order valence-corrected chi connectivity index (χ4v) is 1.98. The van der Waals surface area contributed by atoms with Gasteiger partial charge in [-0.15, -0.1) is 0 Å². The highest BCUT2D eigenvalue weighted by Crippen LogP contribution is 2.11. The Morgan fingerprint density at radius 2 is 1.82 bits per heavy atom. The Morgan fingerprint density at radius 3 is 2.45 bits per heavy atom. The van der Waals surface area contributed by atoms with E-state index in [2.05, 4.69) is 5.10 Å². The van der Waals surface area contributed by atoms with Crippen LogP contribution in [0.15, 0.2) is 67.0 Å². The SMILES string of the molecule is O=C(OCc1ccc(F)cc1)c1ccc(-n2cccn2)cc1. The van der Waals surface area contributed by atoms with E-state index in [1.807, 2.05) is 12.3 Å². The first kappa shape index (κ1) is 14.0. The maximum absolute atomic E-state index is 12.8. The van der Waals surface area contributed by atoms with Crippen LogP contribution < -0.4 is 0 Å². The van der Waals surface area contributed by atoms with E-state index in [4.69, 9.17) is 4.74 Å². The summed E-state index contributed by atoms with van der Waals surface area (Å²) in [7, 11) is 0. The van der Waals surface area contributed by atoms with E-state index in [1.54, 1.807) is 47.3 Å². The van der Waals surface area contributed by atoms with Gasteiger partial charge in [-0.1, -0.05) is 12.1 Å². The predicted molar refractivity (Wildman–Crippen MR) is 79.1 cm³/mol. The van der Waals surface area contributed by atoms with E-state index in [-0.39, 0.29) is 12.4 Å². The number of ether oxygens (including phenoxy) is 1. The number of carbonyl (C=O) groups is 1. The fourth-order valence-electron chi connectivity index (χ4n) is 1.98. The lowest BCUT2D eigenvalue weighted by Crippen LogP contribution is -2.05. The summed E-state index contributed by atoms with van der Waals surface area (Å²) < 4.78 is 19.7. The van der Waals surface area contributed by atoms with Crippen molar-refractivity contribution in [3.63, 3.8) is 0 Å². The summed E-state index contributed by atoms with van der Waals surface area (Å²) in [5.41, 5.74) is 2.06. The summed E-state index contributed by atoms with van der Waals surface area (Å²) in [5.74, 6) is -0.736. The number of benzene rings is 2. The van der Waals surface area contributed by atoms with Crippen molar-refractivity contribution in [1.29, 1.82) is 0 Å². The molecule has 0 fully saturated rings. The third-order valence-corrected chi connectivity index (χ3v) is 3.16. The predicted octanol–water partition coefficient (Wildman–Crippen LogP) is 3.37. The first-order valence-corrected chi connectivity index (χ1v) is 6.74. The van der Waals surface area contributed by atoms with Crippen LogP contribution in [0.25, 0.3) is 5.69 Å². The number of carbonyl (C=O) groups excluding carboxylic acids is 1. The Morgan fingerprint density at radius 1 is 1.09 bits per heavy atom. The van der Waals surface area contributed by atoms with Crippen molar-refractivity contribution in [2.24, 2.45) is 0 Å². The molecule has 0 aliphatic heterocycles. The number of rotatable bonds is 4. The zero-order valence-electron chi connectivity index (χ0n) is 11.6. The summed E-state index contributed by atoms with van der Waals surface area (Å²) >= 11 is 0. The van der Waals surface area contributed by atoms with E-state index in [0.717, 1.165) is 11.3 Å². The molecule has 4 nitrogen and oxygen atoms in total. The normalized spacial score (nSPS) is 10.4. The molecule has 0 spiro atoms. The van der Waals surface area contributed by atoms with Crippen molar-refractivity contribution in [2.75, 3.05) is 0 Å². The molecule has 0 amide bonds. The number of aromatic nitrogens is 2. The van der Waals surface area contributed by atoms with Gasteiger partial charge >= 0.3 is 5.97 Å². The highest BCUT2D eigenvalue weighted by Gasteiger charge is 2.08. The second kappa shape index (κ2) is 6.22. The molecular formula is C17H13FN2O2. The van der Waals surface area contributed by atoms with Crippen LogP contribution in [0.3, 0.4) is 0 Å². The van der Waals surface area contributed by atoms with Gasteiger partial charge in [0, 0.05) is 12.4 Å². The fraction of sp³-hybridized carbons (Fsp3) is 0.0588. The second-order valence-corrected chi connectivity index (χ2v) is 4.70. The minimum atomic E-state index is -0.420. The first-order chi connectivity index (χ1) is 10.7. The van der Waals surface area contributed by atoms with Crippen molar-refractivity contribution in [2.45, 2.75) is 6.61 Å². The Labute approximate surface area is 126 Å². The molecule has 0 aliphatic rings. The van der Waals surface area contributed by atoms with Gasteiger partial charge in [-0.05, 0) is 48.0 Å². The lowest BCUT2D eigenvalue weighted by molar-refractivity contribution is 0.0472. The molecule has 0 bridgehead atoms. The van der Waals surface area contributed by atoms with Gasteiger partial charge in [0.2, 0.25) is 0 Å². The van der Waals surface area contributed by atoms with Gasteiger partial charge in [-0.25, -0.2) is 13.9 Å². The molecule has 3 aromatic rings. The van der Waals surface area contributed by atoms with E-state index in [9.17, 15) is 9.18 Å². The number of nitrogens with zero attached hydrogens (tertiary/aromatic N) is 2.